The third-order valence-electron chi connectivity index (χ3n) is 5.43. The van der Waals surface area contributed by atoms with Crippen LogP contribution in [-0.2, 0) is 14.8 Å². The maximum Gasteiger partial charge on any atom is 1.00 e. The zero-order valence-electron chi connectivity index (χ0n) is 12.7. The van der Waals surface area contributed by atoms with Gasteiger partial charge in [-0.1, -0.05) is 0 Å². The molecule has 0 aliphatic heterocycles. The molecule has 22 heavy (non-hydrogen) atoms. The number of rotatable bonds is 4. The molecule has 0 saturated heterocycles. The van der Waals surface area contributed by atoms with Crippen molar-refractivity contribution >= 4 is 22.0 Å². The largest absolute Gasteiger partial charge is 1.00 e. The summed E-state index contributed by atoms with van der Waals surface area (Å²) in [6.45, 7) is 0. The summed E-state index contributed by atoms with van der Waals surface area (Å²) in [6.07, 6.45) is 5.28. The fourth-order valence-corrected chi connectivity index (χ4v) is 7.07. The molecule has 9 heteroatoms. The minimum atomic E-state index is -4.25. The van der Waals surface area contributed by atoms with Gasteiger partial charge in [-0.3, -0.25) is 0 Å². The van der Waals surface area contributed by atoms with Gasteiger partial charge in [0.1, 0.15) is 5.25 Å². The second-order valence-electron chi connectivity index (χ2n) is 7.04. The van der Waals surface area contributed by atoms with Crippen molar-refractivity contribution in [2.24, 2.45) is 28.9 Å². The van der Waals surface area contributed by atoms with Gasteiger partial charge < -0.3 is 16.3 Å². The summed E-state index contributed by atoms with van der Waals surface area (Å²) in [5.74, 6) is 0.205. The number of amides is 3. The molecular formula is C13H20KN3O4S. The summed E-state index contributed by atoms with van der Waals surface area (Å²) in [5.41, 5.74) is 11.7. The minimum Gasteiger partial charge on any atom is -0.667 e. The Labute approximate surface area is 172 Å². The summed E-state index contributed by atoms with van der Waals surface area (Å²) in [7, 11) is -4.25. The maximum atomic E-state index is 12.3. The first-order chi connectivity index (χ1) is 9.72. The second-order valence-corrected chi connectivity index (χ2v) is 8.80. The van der Waals surface area contributed by atoms with Gasteiger partial charge in [-0.05, 0) is 61.7 Å². The van der Waals surface area contributed by atoms with Crippen molar-refractivity contribution in [2.45, 2.75) is 43.8 Å². The van der Waals surface area contributed by atoms with Gasteiger partial charge >= 0.3 is 57.4 Å². The first-order valence-corrected chi connectivity index (χ1v) is 8.83. The SMILES string of the molecule is [K+].[NH-]C(=O)C(C12CC3CC(CC(C3)C1)C2)S(=O)(=O)NC(N)=O. The Hall–Kier alpha value is 0.326. The number of hydrogen-bond donors (Lipinski definition) is 2. The smallest absolute Gasteiger partial charge is 0.667 e. The zero-order valence-corrected chi connectivity index (χ0v) is 16.6. The van der Waals surface area contributed by atoms with Crippen LogP contribution in [0.4, 0.5) is 4.79 Å². The number of hydrogen-bond acceptors (Lipinski definition) is 4. The van der Waals surface area contributed by atoms with E-state index in [9.17, 15) is 18.0 Å². The quantitative estimate of drug-likeness (QED) is 0.575. The zero-order chi connectivity index (χ0) is 15.4. The molecule has 4 rings (SSSR count). The predicted molar refractivity (Wildman–Crippen MR) is 75.4 cm³/mol. The molecule has 0 radical (unpaired) electrons. The Bertz CT molecular complexity index is 557. The van der Waals surface area contributed by atoms with E-state index >= 15 is 0 Å². The number of sulfonamides is 1. The van der Waals surface area contributed by atoms with Crippen molar-refractivity contribution in [1.82, 2.24) is 4.72 Å². The Balaban J connectivity index is 0.00000176. The van der Waals surface area contributed by atoms with Crippen molar-refractivity contribution in [2.75, 3.05) is 0 Å². The molecule has 118 valence electrons. The summed E-state index contributed by atoms with van der Waals surface area (Å²) in [6, 6.07) is -1.20. The van der Waals surface area contributed by atoms with Crippen LogP contribution in [0, 0.1) is 23.2 Å². The van der Waals surface area contributed by atoms with Gasteiger partial charge in [-0.15, -0.1) is 0 Å². The normalized spacial score (nSPS) is 37.2. The Morgan fingerprint density at radius 3 is 1.82 bits per heavy atom. The molecule has 4 aliphatic carbocycles. The van der Waals surface area contributed by atoms with E-state index in [1.165, 1.54) is 0 Å². The van der Waals surface area contributed by atoms with Gasteiger partial charge in [-0.2, -0.15) is 0 Å². The number of primary amides is 1. The Kier molecular flexibility index (Phi) is 5.36. The van der Waals surface area contributed by atoms with Crippen LogP contribution in [0.25, 0.3) is 5.73 Å². The number of carbonyl (C=O) groups excluding carboxylic acids is 2. The molecule has 4 N–H and O–H groups in total. The van der Waals surface area contributed by atoms with E-state index in [0.717, 1.165) is 19.3 Å². The topological polar surface area (TPSA) is 130 Å². The van der Waals surface area contributed by atoms with Crippen molar-refractivity contribution in [3.63, 3.8) is 0 Å². The first-order valence-electron chi connectivity index (χ1n) is 7.28. The molecular weight excluding hydrogens is 333 g/mol. The van der Waals surface area contributed by atoms with E-state index < -0.39 is 32.6 Å². The van der Waals surface area contributed by atoms with E-state index in [1.54, 1.807) is 4.72 Å². The predicted octanol–water partition coefficient (Wildman–Crippen LogP) is -1.85. The molecule has 3 amide bonds. The summed E-state index contributed by atoms with van der Waals surface area (Å²) >= 11 is 0. The van der Waals surface area contributed by atoms with Crippen molar-refractivity contribution in [3.8, 4) is 0 Å². The Morgan fingerprint density at radius 2 is 1.50 bits per heavy atom. The molecule has 0 aromatic rings. The molecule has 0 aromatic heterocycles. The molecule has 0 spiro atoms. The van der Waals surface area contributed by atoms with Gasteiger partial charge in [0.15, 0.2) is 0 Å². The molecule has 4 bridgehead atoms. The Morgan fingerprint density at radius 1 is 1.09 bits per heavy atom. The number of carbonyl (C=O) groups is 2. The third-order valence-corrected chi connectivity index (χ3v) is 7.25. The van der Waals surface area contributed by atoms with Crippen LogP contribution >= 0.6 is 0 Å². The van der Waals surface area contributed by atoms with Crippen molar-refractivity contribution < 1.29 is 69.4 Å². The van der Waals surface area contributed by atoms with Crippen LogP contribution in [-0.4, -0.2) is 25.6 Å². The monoisotopic (exact) mass is 353 g/mol. The van der Waals surface area contributed by atoms with E-state index in [4.69, 9.17) is 11.5 Å². The van der Waals surface area contributed by atoms with Gasteiger partial charge in [0.25, 0.3) is 0 Å². The molecule has 4 fully saturated rings. The molecule has 4 aliphatic rings. The van der Waals surface area contributed by atoms with E-state index in [0.29, 0.717) is 37.0 Å². The van der Waals surface area contributed by atoms with Gasteiger partial charge in [0.05, 0.1) is 5.91 Å². The average molecular weight is 353 g/mol. The van der Waals surface area contributed by atoms with Crippen LogP contribution in [0.15, 0.2) is 0 Å². The van der Waals surface area contributed by atoms with Crippen molar-refractivity contribution in [3.05, 3.63) is 5.73 Å². The molecule has 0 aromatic carbocycles. The second kappa shape index (κ2) is 6.32. The molecule has 0 heterocycles. The number of nitrogens with one attached hydrogen (secondary N) is 2. The van der Waals surface area contributed by atoms with E-state index in [1.807, 2.05) is 0 Å². The van der Waals surface area contributed by atoms with Gasteiger partial charge in [-0.25, -0.2) is 17.9 Å². The fourth-order valence-electron chi connectivity index (χ4n) is 5.45. The molecule has 1 atom stereocenters. The van der Waals surface area contributed by atoms with E-state index in [-0.39, 0.29) is 51.4 Å². The van der Waals surface area contributed by atoms with Crippen LogP contribution < -0.4 is 61.8 Å². The third kappa shape index (κ3) is 3.25. The summed E-state index contributed by atoms with van der Waals surface area (Å²) < 4.78 is 26.4. The summed E-state index contributed by atoms with van der Waals surface area (Å²) in [4.78, 5) is 22.7. The molecule has 1 unspecified atom stereocenters. The van der Waals surface area contributed by atoms with Crippen LogP contribution in [0.5, 0.6) is 0 Å². The first kappa shape index (κ1) is 18.7. The number of urea groups is 1. The standard InChI is InChI=1S/C13H21N3O4S.K/c14-11(17)10(21(19,20)16-12(15)18)13-4-7-1-8(5-13)3-9(2-7)6-13;/h7-10H,1-6H2,(H5,14,15,16,17,18);/q;+1/p-1. The van der Waals surface area contributed by atoms with Gasteiger partial charge in [0, 0.05) is 0 Å². The van der Waals surface area contributed by atoms with Crippen LogP contribution in [0.1, 0.15) is 38.5 Å². The van der Waals surface area contributed by atoms with Crippen LogP contribution in [0.2, 0.25) is 0 Å². The average Bonchev–Trinajstić information content (AvgIpc) is 2.21. The maximum absolute atomic E-state index is 12.3. The van der Waals surface area contributed by atoms with Crippen molar-refractivity contribution in [1.29, 1.82) is 0 Å². The summed E-state index contributed by atoms with van der Waals surface area (Å²) in [5, 5.41) is -1.48. The molecule has 4 saturated carbocycles. The fraction of sp³-hybridized carbons (Fsp3) is 0.846. The van der Waals surface area contributed by atoms with Crippen LogP contribution in [0.3, 0.4) is 0 Å². The molecule has 7 nitrogen and oxygen atoms in total. The minimum absolute atomic E-state index is 0. The van der Waals surface area contributed by atoms with Gasteiger partial charge in [0.2, 0.25) is 10.0 Å². The van der Waals surface area contributed by atoms with E-state index in [2.05, 4.69) is 0 Å². The number of nitrogens with two attached hydrogens (primary N) is 1.